The third kappa shape index (κ3) is 2.99. The van der Waals surface area contributed by atoms with Gasteiger partial charge in [0.25, 0.3) is 0 Å². The molecule has 72 valence electrons. The molecule has 0 bridgehead atoms. The van der Waals surface area contributed by atoms with Crippen LogP contribution in [0.4, 0.5) is 10.2 Å². The molecule has 0 aliphatic carbocycles. The second-order valence-corrected chi connectivity index (χ2v) is 3.06. The summed E-state index contributed by atoms with van der Waals surface area (Å²) in [6.07, 6.45) is 0.741. The molecule has 1 aromatic heterocycles. The van der Waals surface area contributed by atoms with Crippen LogP contribution in [0, 0.1) is 5.82 Å². The van der Waals surface area contributed by atoms with Gasteiger partial charge in [0, 0.05) is 13.6 Å². The van der Waals surface area contributed by atoms with Crippen LogP contribution in [-0.2, 0) is 0 Å². The van der Waals surface area contributed by atoms with Gasteiger partial charge >= 0.3 is 0 Å². The monoisotopic (exact) mass is 184 g/mol. The highest BCUT2D eigenvalue weighted by Gasteiger charge is 2.04. The van der Waals surface area contributed by atoms with E-state index in [0.717, 1.165) is 6.20 Å². The average Bonchev–Trinajstić information content (AvgIpc) is 2.04. The third-order valence-electron chi connectivity index (χ3n) is 1.64. The summed E-state index contributed by atoms with van der Waals surface area (Å²) in [5.41, 5.74) is 0. The number of hydrogen-bond donors (Lipinski definition) is 1. The molecular formula is C9H13FN2O. The fourth-order valence-corrected chi connectivity index (χ4v) is 1.08. The maximum atomic E-state index is 12.5. The highest BCUT2D eigenvalue weighted by atomic mass is 19.1. The minimum absolute atomic E-state index is 0.353. The van der Waals surface area contributed by atoms with E-state index >= 15 is 0 Å². The van der Waals surface area contributed by atoms with Crippen molar-refractivity contribution in [2.45, 2.75) is 13.0 Å². The lowest BCUT2D eigenvalue weighted by Gasteiger charge is -2.19. The zero-order chi connectivity index (χ0) is 9.84. The van der Waals surface area contributed by atoms with Crippen LogP contribution in [0.25, 0.3) is 0 Å². The lowest BCUT2D eigenvalue weighted by molar-refractivity contribution is 0.201. The van der Waals surface area contributed by atoms with E-state index in [0.29, 0.717) is 12.4 Å². The van der Waals surface area contributed by atoms with Gasteiger partial charge in [-0.3, -0.25) is 0 Å². The van der Waals surface area contributed by atoms with E-state index in [2.05, 4.69) is 4.98 Å². The minimum Gasteiger partial charge on any atom is -0.392 e. The van der Waals surface area contributed by atoms with Gasteiger partial charge in [0.1, 0.15) is 11.6 Å². The van der Waals surface area contributed by atoms with Crippen LogP contribution < -0.4 is 4.90 Å². The van der Waals surface area contributed by atoms with Crippen molar-refractivity contribution >= 4 is 5.82 Å². The Labute approximate surface area is 76.8 Å². The van der Waals surface area contributed by atoms with Crippen molar-refractivity contribution in [1.82, 2.24) is 4.98 Å². The molecule has 4 heteroatoms. The smallest absolute Gasteiger partial charge is 0.141 e. The lowest BCUT2D eigenvalue weighted by Crippen LogP contribution is -2.27. The van der Waals surface area contributed by atoms with E-state index in [1.54, 1.807) is 24.9 Å². The first-order chi connectivity index (χ1) is 6.09. The van der Waals surface area contributed by atoms with Gasteiger partial charge in [-0.05, 0) is 19.1 Å². The second-order valence-electron chi connectivity index (χ2n) is 3.06. The van der Waals surface area contributed by atoms with E-state index in [1.807, 2.05) is 0 Å². The Balaban J connectivity index is 2.66. The quantitative estimate of drug-likeness (QED) is 0.762. The van der Waals surface area contributed by atoms with Gasteiger partial charge in [-0.25, -0.2) is 9.37 Å². The van der Waals surface area contributed by atoms with Crippen LogP contribution in [0.3, 0.4) is 0 Å². The van der Waals surface area contributed by atoms with E-state index < -0.39 is 6.10 Å². The van der Waals surface area contributed by atoms with Crippen LogP contribution in [0.5, 0.6) is 0 Å². The Morgan fingerprint density at radius 3 is 2.77 bits per heavy atom. The fraction of sp³-hybridized carbons (Fsp3) is 0.444. The van der Waals surface area contributed by atoms with Crippen LogP contribution in [0.1, 0.15) is 6.92 Å². The Hall–Kier alpha value is -1.16. The largest absolute Gasteiger partial charge is 0.392 e. The van der Waals surface area contributed by atoms with Crippen molar-refractivity contribution < 1.29 is 9.50 Å². The highest BCUT2D eigenvalue weighted by Crippen LogP contribution is 2.08. The molecule has 13 heavy (non-hydrogen) atoms. The lowest BCUT2D eigenvalue weighted by atomic mass is 10.3. The second kappa shape index (κ2) is 4.18. The van der Waals surface area contributed by atoms with Gasteiger partial charge in [0.2, 0.25) is 0 Å². The number of hydrogen-bond acceptors (Lipinski definition) is 3. The van der Waals surface area contributed by atoms with Crippen LogP contribution >= 0.6 is 0 Å². The average molecular weight is 184 g/mol. The zero-order valence-corrected chi connectivity index (χ0v) is 7.74. The topological polar surface area (TPSA) is 36.4 Å². The first-order valence-corrected chi connectivity index (χ1v) is 4.10. The maximum Gasteiger partial charge on any atom is 0.141 e. The number of aliphatic hydroxyl groups excluding tert-OH is 1. The summed E-state index contributed by atoms with van der Waals surface area (Å²) in [7, 11) is 1.80. The molecule has 1 atom stereocenters. The fourth-order valence-electron chi connectivity index (χ4n) is 1.08. The Bertz CT molecular complexity index is 261. The standard InChI is InChI=1S/C9H13FN2O/c1-7(13)6-12(2)9-4-3-8(10)5-11-9/h3-5,7,13H,6H2,1-2H3. The SMILES string of the molecule is CC(O)CN(C)c1ccc(F)cn1. The van der Waals surface area contributed by atoms with E-state index in [1.165, 1.54) is 6.07 Å². The van der Waals surface area contributed by atoms with Gasteiger partial charge in [-0.15, -0.1) is 0 Å². The van der Waals surface area contributed by atoms with E-state index in [9.17, 15) is 4.39 Å². The predicted octanol–water partition coefficient (Wildman–Crippen LogP) is 1.04. The molecule has 1 rings (SSSR count). The number of halogens is 1. The summed E-state index contributed by atoms with van der Waals surface area (Å²) in [5, 5.41) is 9.10. The Morgan fingerprint density at radius 1 is 1.62 bits per heavy atom. The van der Waals surface area contributed by atoms with Crippen molar-refractivity contribution in [3.05, 3.63) is 24.1 Å². The maximum absolute atomic E-state index is 12.5. The molecule has 0 saturated carbocycles. The molecule has 0 saturated heterocycles. The number of anilines is 1. The zero-order valence-electron chi connectivity index (χ0n) is 7.74. The van der Waals surface area contributed by atoms with E-state index in [4.69, 9.17) is 5.11 Å². The molecule has 0 radical (unpaired) electrons. The van der Waals surface area contributed by atoms with Crippen molar-refractivity contribution in [2.24, 2.45) is 0 Å². The van der Waals surface area contributed by atoms with Gasteiger partial charge in [-0.2, -0.15) is 0 Å². The van der Waals surface area contributed by atoms with Gasteiger partial charge < -0.3 is 10.0 Å². The molecular weight excluding hydrogens is 171 g/mol. The van der Waals surface area contributed by atoms with Crippen molar-refractivity contribution in [3.8, 4) is 0 Å². The minimum atomic E-state index is -0.420. The van der Waals surface area contributed by atoms with Crippen molar-refractivity contribution in [1.29, 1.82) is 0 Å². The van der Waals surface area contributed by atoms with E-state index in [-0.39, 0.29) is 5.82 Å². The number of likely N-dealkylation sites (N-methyl/N-ethyl adjacent to an activating group) is 1. The number of pyridine rings is 1. The first-order valence-electron chi connectivity index (χ1n) is 4.10. The number of aliphatic hydroxyl groups is 1. The predicted molar refractivity (Wildman–Crippen MR) is 49.1 cm³/mol. The molecule has 3 nitrogen and oxygen atoms in total. The van der Waals surface area contributed by atoms with Gasteiger partial charge in [-0.1, -0.05) is 0 Å². The molecule has 0 aliphatic heterocycles. The Morgan fingerprint density at radius 2 is 2.31 bits per heavy atom. The van der Waals surface area contributed by atoms with Crippen molar-refractivity contribution in [3.63, 3.8) is 0 Å². The number of nitrogens with zero attached hydrogens (tertiary/aromatic N) is 2. The molecule has 1 N–H and O–H groups in total. The number of aromatic nitrogens is 1. The molecule has 0 aromatic carbocycles. The normalized spacial score (nSPS) is 12.6. The Kier molecular flexibility index (Phi) is 3.19. The summed E-state index contributed by atoms with van der Waals surface area (Å²) < 4.78 is 12.5. The molecule has 1 unspecified atom stereocenters. The summed E-state index contributed by atoms with van der Waals surface area (Å²) in [4.78, 5) is 5.64. The summed E-state index contributed by atoms with van der Waals surface area (Å²) >= 11 is 0. The molecule has 0 fully saturated rings. The van der Waals surface area contributed by atoms with Crippen LogP contribution in [-0.4, -0.2) is 29.8 Å². The van der Waals surface area contributed by atoms with Crippen molar-refractivity contribution in [2.75, 3.05) is 18.5 Å². The first kappa shape index (κ1) is 9.92. The number of rotatable bonds is 3. The summed E-state index contributed by atoms with van der Waals surface area (Å²) in [6, 6.07) is 2.93. The van der Waals surface area contributed by atoms with Gasteiger partial charge in [0.05, 0.1) is 12.3 Å². The molecule has 0 amide bonds. The highest BCUT2D eigenvalue weighted by molar-refractivity contribution is 5.36. The third-order valence-corrected chi connectivity index (χ3v) is 1.64. The molecule has 0 spiro atoms. The van der Waals surface area contributed by atoms with Crippen LogP contribution in [0.2, 0.25) is 0 Å². The summed E-state index contributed by atoms with van der Waals surface area (Å²) in [5.74, 6) is 0.302. The summed E-state index contributed by atoms with van der Waals surface area (Å²) in [6.45, 7) is 2.18. The molecule has 0 aliphatic rings. The molecule has 1 aromatic rings. The molecule has 1 heterocycles. The van der Waals surface area contributed by atoms with Crippen LogP contribution in [0.15, 0.2) is 18.3 Å². The van der Waals surface area contributed by atoms with Gasteiger partial charge in [0.15, 0.2) is 0 Å².